The Morgan fingerprint density at radius 2 is 1.24 bits per heavy atom. The van der Waals surface area contributed by atoms with Gasteiger partial charge < -0.3 is 0 Å². The van der Waals surface area contributed by atoms with Crippen LogP contribution < -0.4 is 4.90 Å². The first-order chi connectivity index (χ1) is 13.6. The van der Waals surface area contributed by atoms with Gasteiger partial charge in [-0.1, -0.05) is 64.6 Å². The third-order valence-corrected chi connectivity index (χ3v) is 12.1. The number of carbonyl (C=O) groups excluding carboxylic acids is 2. The number of halogens is 6. The average molecular weight is 512 g/mol. The number of imide groups is 1. The highest BCUT2D eigenvalue weighted by Gasteiger charge is 2.88. The van der Waals surface area contributed by atoms with Crippen LogP contribution in [-0.4, -0.2) is 25.9 Å². The highest BCUT2D eigenvalue weighted by molar-refractivity contribution is 6.65. The molecule has 0 aromatic heterocycles. The average Bonchev–Trinajstić information content (AvgIpc) is 3.39. The summed E-state index contributed by atoms with van der Waals surface area (Å²) in [5.74, 6) is -2.39. The Balaban J connectivity index is 1.49. The van der Waals surface area contributed by atoms with Crippen LogP contribution >= 0.6 is 69.6 Å². The Morgan fingerprint density at radius 3 is 1.69 bits per heavy atom. The minimum absolute atomic E-state index is 0.155. The number of fused-ring (bicyclic) bond motifs is 12. The molecule has 152 valence electrons. The summed E-state index contributed by atoms with van der Waals surface area (Å²) in [5.41, 5.74) is 0.573. The van der Waals surface area contributed by atoms with E-state index in [0.29, 0.717) is 12.1 Å². The van der Waals surface area contributed by atoms with Crippen molar-refractivity contribution in [2.45, 2.75) is 20.5 Å². The fourth-order valence-electron chi connectivity index (χ4n) is 6.98. The van der Waals surface area contributed by atoms with Gasteiger partial charge in [-0.15, -0.1) is 23.2 Å². The number of hydrogen-bond acceptors (Lipinski definition) is 2. The zero-order chi connectivity index (χ0) is 20.7. The summed E-state index contributed by atoms with van der Waals surface area (Å²) in [6.07, 6.45) is 0.659. The molecule has 8 atom stereocenters. The van der Waals surface area contributed by atoms with Crippen LogP contribution in [0.1, 0.15) is 6.42 Å². The molecule has 1 aromatic rings. The Hall–Kier alpha value is -0.160. The number of allylic oxidation sites excluding steroid dienone is 2. The Kier molecular flexibility index (Phi) is 3.77. The van der Waals surface area contributed by atoms with Crippen LogP contribution in [0.4, 0.5) is 5.69 Å². The molecule has 5 aliphatic rings. The maximum absolute atomic E-state index is 13.4. The van der Waals surface area contributed by atoms with Crippen molar-refractivity contribution < 1.29 is 9.59 Å². The molecular weight excluding hydrogens is 499 g/mol. The molecule has 0 unspecified atom stereocenters. The number of alkyl halides is 4. The summed E-state index contributed by atoms with van der Waals surface area (Å²) in [7, 11) is 0. The predicted molar refractivity (Wildman–Crippen MR) is 115 cm³/mol. The molecule has 2 amide bonds. The van der Waals surface area contributed by atoms with Crippen molar-refractivity contribution in [1.29, 1.82) is 0 Å². The standard InChI is InChI=1S/C20H13Cl6NO2/c21-14-15(22)19(24)13-9-6-8(12(13)18(14,23)20(19,25)26)10-11(9)17(29)27(16(10)28)7-4-2-1-3-5-7/h1-5,8-13H,6H2/t8-,9+,10-,11+,12-,13+,18-,19+. The van der Waals surface area contributed by atoms with E-state index in [1.807, 2.05) is 6.07 Å². The fourth-order valence-corrected chi connectivity index (χ4v) is 10.1. The molecular formula is C20H13Cl6NO2. The molecule has 1 heterocycles. The number of nitrogens with zero attached hydrogens (tertiary/aromatic N) is 1. The van der Waals surface area contributed by atoms with Crippen LogP contribution in [0.5, 0.6) is 0 Å². The fraction of sp³-hybridized carbons (Fsp3) is 0.500. The SMILES string of the molecule is O=C1[C@@H]2[C@H]3C[C@@H]([C@@H]2C(=O)N1c1ccccc1)[C@H]1[C@@H]3[C@@]2(Cl)C(Cl)=C(Cl)[C@]1(Cl)C2(Cl)Cl. The van der Waals surface area contributed by atoms with E-state index in [0.717, 1.165) is 0 Å². The molecule has 4 aliphatic carbocycles. The van der Waals surface area contributed by atoms with Gasteiger partial charge in [-0.2, -0.15) is 0 Å². The van der Waals surface area contributed by atoms with Crippen molar-refractivity contribution in [1.82, 2.24) is 0 Å². The maximum atomic E-state index is 13.4. The molecule has 0 N–H and O–H groups in total. The first-order valence-corrected chi connectivity index (χ1v) is 11.6. The number of benzene rings is 1. The van der Waals surface area contributed by atoms with Gasteiger partial charge in [0.15, 0.2) is 4.33 Å². The van der Waals surface area contributed by atoms with Gasteiger partial charge in [0.1, 0.15) is 9.75 Å². The smallest absolute Gasteiger partial charge is 0.237 e. The van der Waals surface area contributed by atoms with Crippen molar-refractivity contribution >= 4 is 87.1 Å². The highest BCUT2D eigenvalue weighted by atomic mass is 35.5. The van der Waals surface area contributed by atoms with Crippen molar-refractivity contribution in [3.05, 3.63) is 40.4 Å². The van der Waals surface area contributed by atoms with Gasteiger partial charge in [0.25, 0.3) is 0 Å². The van der Waals surface area contributed by atoms with Gasteiger partial charge in [-0.05, 0) is 42.2 Å². The van der Waals surface area contributed by atoms with Crippen molar-refractivity contribution in [3.63, 3.8) is 0 Å². The maximum Gasteiger partial charge on any atom is 0.237 e. The lowest BCUT2D eigenvalue weighted by Crippen LogP contribution is -2.46. The molecule has 4 fully saturated rings. The second-order valence-electron chi connectivity index (χ2n) is 8.64. The van der Waals surface area contributed by atoms with E-state index in [1.165, 1.54) is 4.90 Å². The second kappa shape index (κ2) is 5.60. The van der Waals surface area contributed by atoms with E-state index in [2.05, 4.69) is 0 Å². The molecule has 6 rings (SSSR count). The van der Waals surface area contributed by atoms with Gasteiger partial charge in [0.05, 0.1) is 27.6 Å². The normalized spacial score (nSPS) is 48.7. The number of rotatable bonds is 1. The minimum Gasteiger partial charge on any atom is -0.274 e. The molecule has 1 saturated heterocycles. The van der Waals surface area contributed by atoms with E-state index in [1.54, 1.807) is 24.3 Å². The number of carbonyl (C=O) groups is 2. The molecule has 3 nitrogen and oxygen atoms in total. The number of amides is 2. The number of para-hydroxylation sites is 1. The summed E-state index contributed by atoms with van der Waals surface area (Å²) in [5, 5.41) is 0.311. The summed E-state index contributed by atoms with van der Waals surface area (Å²) in [6, 6.07) is 8.95. The van der Waals surface area contributed by atoms with Crippen LogP contribution in [-0.2, 0) is 9.59 Å². The topological polar surface area (TPSA) is 37.4 Å². The van der Waals surface area contributed by atoms with Crippen LogP contribution in [0.15, 0.2) is 40.4 Å². The van der Waals surface area contributed by atoms with Crippen LogP contribution in [0, 0.1) is 35.5 Å². The van der Waals surface area contributed by atoms with Crippen molar-refractivity contribution in [2.75, 3.05) is 4.90 Å². The summed E-state index contributed by atoms with van der Waals surface area (Å²) in [4.78, 5) is 25.3. The summed E-state index contributed by atoms with van der Waals surface area (Å²) >= 11 is 40.5. The monoisotopic (exact) mass is 509 g/mol. The zero-order valence-electron chi connectivity index (χ0n) is 14.6. The summed E-state index contributed by atoms with van der Waals surface area (Å²) in [6.45, 7) is 0. The first-order valence-electron chi connectivity index (χ1n) is 9.34. The van der Waals surface area contributed by atoms with Crippen molar-refractivity contribution in [3.8, 4) is 0 Å². The van der Waals surface area contributed by atoms with Gasteiger partial charge in [-0.3, -0.25) is 14.5 Å². The van der Waals surface area contributed by atoms with Gasteiger partial charge in [0.2, 0.25) is 11.8 Å². The van der Waals surface area contributed by atoms with Crippen molar-refractivity contribution in [2.24, 2.45) is 35.5 Å². The highest BCUT2D eigenvalue weighted by Crippen LogP contribution is 2.84. The molecule has 4 bridgehead atoms. The molecule has 3 saturated carbocycles. The Bertz CT molecular complexity index is 969. The number of hydrogen-bond donors (Lipinski definition) is 0. The lowest BCUT2D eigenvalue weighted by molar-refractivity contribution is -0.123. The van der Waals surface area contributed by atoms with E-state index in [9.17, 15) is 9.59 Å². The quantitative estimate of drug-likeness (QED) is 0.283. The molecule has 0 spiro atoms. The third-order valence-electron chi connectivity index (χ3n) is 7.85. The van der Waals surface area contributed by atoms with Gasteiger partial charge in [0, 0.05) is 0 Å². The predicted octanol–water partition coefficient (Wildman–Crippen LogP) is 5.52. The van der Waals surface area contributed by atoms with E-state index in [4.69, 9.17) is 69.6 Å². The lowest BCUT2D eigenvalue weighted by Gasteiger charge is -2.42. The largest absolute Gasteiger partial charge is 0.274 e. The molecule has 9 heteroatoms. The van der Waals surface area contributed by atoms with Crippen LogP contribution in [0.3, 0.4) is 0 Å². The lowest BCUT2D eigenvalue weighted by atomic mass is 9.65. The first kappa shape index (κ1) is 19.5. The van der Waals surface area contributed by atoms with E-state index < -0.39 is 25.9 Å². The van der Waals surface area contributed by atoms with Gasteiger partial charge >= 0.3 is 0 Å². The molecule has 0 radical (unpaired) electrons. The molecule has 29 heavy (non-hydrogen) atoms. The van der Waals surface area contributed by atoms with Crippen LogP contribution in [0.25, 0.3) is 0 Å². The summed E-state index contributed by atoms with van der Waals surface area (Å²) < 4.78 is -1.63. The number of anilines is 1. The zero-order valence-corrected chi connectivity index (χ0v) is 19.1. The Morgan fingerprint density at radius 1 is 0.793 bits per heavy atom. The van der Waals surface area contributed by atoms with Crippen LogP contribution in [0.2, 0.25) is 0 Å². The second-order valence-corrected chi connectivity index (χ2v) is 11.9. The van der Waals surface area contributed by atoms with Gasteiger partial charge in [-0.25, -0.2) is 0 Å². The van der Waals surface area contributed by atoms with E-state index in [-0.39, 0.29) is 45.6 Å². The van der Waals surface area contributed by atoms with E-state index >= 15 is 0 Å². The minimum atomic E-state index is -1.63. The third kappa shape index (κ3) is 1.79. The molecule has 1 aliphatic heterocycles. The molecule has 1 aromatic carbocycles. The Labute approximate surface area is 197 Å².